The third kappa shape index (κ3) is 3.96. The molecule has 1 amide bonds. The van der Waals surface area contributed by atoms with Crippen LogP contribution in [0.2, 0.25) is 5.02 Å². The second-order valence-electron chi connectivity index (χ2n) is 5.32. The molecule has 0 bridgehead atoms. The molecule has 0 radical (unpaired) electrons. The minimum absolute atomic E-state index is 0.101. The van der Waals surface area contributed by atoms with E-state index in [1.807, 2.05) is 0 Å². The van der Waals surface area contributed by atoms with Crippen LogP contribution in [0, 0.1) is 11.8 Å². The van der Waals surface area contributed by atoms with Gasteiger partial charge in [0.1, 0.15) is 0 Å². The van der Waals surface area contributed by atoms with Crippen LogP contribution in [-0.4, -0.2) is 24.2 Å². The number of carbonyl (C=O) groups is 1. The SMILES string of the molecule is O=C(NCC1CCCCC1CO)c1ccc(Cl)cc1Br. The van der Waals surface area contributed by atoms with Gasteiger partial charge < -0.3 is 10.4 Å². The summed E-state index contributed by atoms with van der Waals surface area (Å²) in [5.74, 6) is 0.595. The number of carbonyl (C=O) groups excluding carboxylic acids is 1. The van der Waals surface area contributed by atoms with Gasteiger partial charge in [-0.1, -0.05) is 24.4 Å². The first kappa shape index (κ1) is 15.8. The van der Waals surface area contributed by atoms with Gasteiger partial charge >= 0.3 is 0 Å². The van der Waals surface area contributed by atoms with Crippen molar-refractivity contribution >= 4 is 33.4 Å². The standard InChI is InChI=1S/C15H19BrClNO2/c16-14-7-12(17)5-6-13(14)15(20)18-8-10-3-1-2-4-11(10)9-19/h5-7,10-11,19H,1-4,8-9H2,(H,18,20). The van der Waals surface area contributed by atoms with Crippen molar-refractivity contribution < 1.29 is 9.90 Å². The second-order valence-corrected chi connectivity index (χ2v) is 6.61. The fourth-order valence-electron chi connectivity index (χ4n) is 2.79. The number of hydrogen-bond acceptors (Lipinski definition) is 2. The molecule has 0 aliphatic heterocycles. The number of amides is 1. The molecule has 110 valence electrons. The van der Waals surface area contributed by atoms with Crippen molar-refractivity contribution in [3.8, 4) is 0 Å². The number of hydrogen-bond donors (Lipinski definition) is 2. The molecular weight excluding hydrogens is 342 g/mol. The van der Waals surface area contributed by atoms with E-state index in [0.717, 1.165) is 12.8 Å². The summed E-state index contributed by atoms with van der Waals surface area (Å²) >= 11 is 9.22. The van der Waals surface area contributed by atoms with Crippen LogP contribution in [0.4, 0.5) is 0 Å². The monoisotopic (exact) mass is 359 g/mol. The highest BCUT2D eigenvalue weighted by molar-refractivity contribution is 9.10. The molecule has 2 unspecified atom stereocenters. The van der Waals surface area contributed by atoms with E-state index in [1.165, 1.54) is 12.8 Å². The van der Waals surface area contributed by atoms with Crippen molar-refractivity contribution in [2.75, 3.05) is 13.2 Å². The minimum atomic E-state index is -0.101. The van der Waals surface area contributed by atoms with E-state index in [-0.39, 0.29) is 12.5 Å². The van der Waals surface area contributed by atoms with E-state index < -0.39 is 0 Å². The Balaban J connectivity index is 1.94. The van der Waals surface area contributed by atoms with Gasteiger partial charge in [0.2, 0.25) is 0 Å². The van der Waals surface area contributed by atoms with Crippen LogP contribution in [0.1, 0.15) is 36.0 Å². The molecule has 1 aliphatic carbocycles. The van der Waals surface area contributed by atoms with E-state index in [9.17, 15) is 9.90 Å². The smallest absolute Gasteiger partial charge is 0.252 e. The first-order chi connectivity index (χ1) is 9.61. The Labute approximate surface area is 132 Å². The summed E-state index contributed by atoms with van der Waals surface area (Å²) in [6, 6.07) is 5.14. The molecule has 2 rings (SSSR count). The summed E-state index contributed by atoms with van der Waals surface area (Å²) in [6.07, 6.45) is 4.50. The molecule has 1 aromatic carbocycles. The zero-order valence-electron chi connectivity index (χ0n) is 11.2. The van der Waals surface area contributed by atoms with Crippen LogP contribution in [0.25, 0.3) is 0 Å². The lowest BCUT2D eigenvalue weighted by atomic mass is 9.79. The second kappa shape index (κ2) is 7.43. The number of rotatable bonds is 4. The molecule has 5 heteroatoms. The molecule has 0 heterocycles. The van der Waals surface area contributed by atoms with Crippen molar-refractivity contribution in [1.82, 2.24) is 5.32 Å². The van der Waals surface area contributed by atoms with E-state index in [1.54, 1.807) is 18.2 Å². The molecule has 1 aromatic rings. The maximum absolute atomic E-state index is 12.2. The van der Waals surface area contributed by atoms with Crippen LogP contribution < -0.4 is 5.32 Å². The molecule has 1 aliphatic rings. The Morgan fingerprint density at radius 2 is 2.05 bits per heavy atom. The van der Waals surface area contributed by atoms with Gasteiger partial charge in [0.05, 0.1) is 5.56 Å². The average Bonchev–Trinajstić information content (AvgIpc) is 2.45. The van der Waals surface area contributed by atoms with Crippen LogP contribution in [-0.2, 0) is 0 Å². The maximum atomic E-state index is 12.2. The highest BCUT2D eigenvalue weighted by Gasteiger charge is 2.25. The van der Waals surface area contributed by atoms with Gasteiger partial charge in [-0.25, -0.2) is 0 Å². The Hall–Kier alpha value is -0.580. The third-order valence-corrected chi connectivity index (χ3v) is 4.89. The van der Waals surface area contributed by atoms with Crippen molar-refractivity contribution in [2.45, 2.75) is 25.7 Å². The number of aliphatic hydroxyl groups is 1. The molecule has 2 atom stereocenters. The fourth-order valence-corrected chi connectivity index (χ4v) is 3.65. The zero-order chi connectivity index (χ0) is 14.5. The van der Waals surface area contributed by atoms with Crippen molar-refractivity contribution in [1.29, 1.82) is 0 Å². The third-order valence-electron chi connectivity index (χ3n) is 4.00. The number of halogens is 2. The molecule has 0 saturated heterocycles. The largest absolute Gasteiger partial charge is 0.396 e. The lowest BCUT2D eigenvalue weighted by Gasteiger charge is -2.30. The van der Waals surface area contributed by atoms with Gasteiger partial charge in [-0.15, -0.1) is 0 Å². The normalized spacial score (nSPS) is 22.6. The molecule has 1 saturated carbocycles. The highest BCUT2D eigenvalue weighted by atomic mass is 79.9. The summed E-state index contributed by atoms with van der Waals surface area (Å²) in [5.41, 5.74) is 0.589. The first-order valence-electron chi connectivity index (χ1n) is 6.96. The van der Waals surface area contributed by atoms with Gasteiger partial charge in [-0.05, 0) is 58.8 Å². The molecule has 0 spiro atoms. The van der Waals surface area contributed by atoms with Gasteiger partial charge in [-0.2, -0.15) is 0 Å². The van der Waals surface area contributed by atoms with Crippen LogP contribution in [0.15, 0.2) is 22.7 Å². The highest BCUT2D eigenvalue weighted by Crippen LogP contribution is 2.29. The Morgan fingerprint density at radius 1 is 1.35 bits per heavy atom. The zero-order valence-corrected chi connectivity index (χ0v) is 13.6. The van der Waals surface area contributed by atoms with E-state index >= 15 is 0 Å². The summed E-state index contributed by atoms with van der Waals surface area (Å²) in [7, 11) is 0. The van der Waals surface area contributed by atoms with Crippen molar-refractivity contribution in [3.05, 3.63) is 33.3 Å². The van der Waals surface area contributed by atoms with Gasteiger partial charge in [0, 0.05) is 22.6 Å². The average molecular weight is 361 g/mol. The topological polar surface area (TPSA) is 49.3 Å². The predicted molar refractivity (Wildman–Crippen MR) is 84.0 cm³/mol. The molecule has 3 nitrogen and oxygen atoms in total. The maximum Gasteiger partial charge on any atom is 0.252 e. The number of nitrogens with one attached hydrogen (secondary N) is 1. The van der Waals surface area contributed by atoms with E-state index in [0.29, 0.717) is 33.4 Å². The minimum Gasteiger partial charge on any atom is -0.396 e. The Kier molecular flexibility index (Phi) is 5.87. The van der Waals surface area contributed by atoms with Gasteiger partial charge in [-0.3, -0.25) is 4.79 Å². The van der Waals surface area contributed by atoms with Crippen LogP contribution >= 0.6 is 27.5 Å². The van der Waals surface area contributed by atoms with Crippen LogP contribution in [0.3, 0.4) is 0 Å². The van der Waals surface area contributed by atoms with Gasteiger partial charge in [0.25, 0.3) is 5.91 Å². The molecule has 1 fully saturated rings. The molecular formula is C15H19BrClNO2. The molecule has 20 heavy (non-hydrogen) atoms. The lowest BCUT2D eigenvalue weighted by molar-refractivity contribution is 0.0908. The summed E-state index contributed by atoms with van der Waals surface area (Å²) in [6.45, 7) is 0.838. The van der Waals surface area contributed by atoms with Gasteiger partial charge in [0.15, 0.2) is 0 Å². The lowest BCUT2D eigenvalue weighted by Crippen LogP contribution is -2.35. The Morgan fingerprint density at radius 3 is 2.70 bits per heavy atom. The van der Waals surface area contributed by atoms with Crippen LogP contribution in [0.5, 0.6) is 0 Å². The van der Waals surface area contributed by atoms with E-state index in [2.05, 4.69) is 21.2 Å². The Bertz CT molecular complexity index is 481. The molecule has 2 N–H and O–H groups in total. The summed E-state index contributed by atoms with van der Waals surface area (Å²) in [4.78, 5) is 12.2. The molecule has 0 aromatic heterocycles. The number of benzene rings is 1. The summed E-state index contributed by atoms with van der Waals surface area (Å²) in [5, 5.41) is 13.0. The van der Waals surface area contributed by atoms with Crippen molar-refractivity contribution in [2.24, 2.45) is 11.8 Å². The van der Waals surface area contributed by atoms with E-state index in [4.69, 9.17) is 11.6 Å². The first-order valence-corrected chi connectivity index (χ1v) is 8.13. The number of aliphatic hydroxyl groups excluding tert-OH is 1. The quantitative estimate of drug-likeness (QED) is 0.861. The van der Waals surface area contributed by atoms with Crippen molar-refractivity contribution in [3.63, 3.8) is 0 Å². The summed E-state index contributed by atoms with van der Waals surface area (Å²) < 4.78 is 0.699. The predicted octanol–water partition coefficient (Wildman–Crippen LogP) is 3.63. The fraction of sp³-hybridized carbons (Fsp3) is 0.533.